The van der Waals surface area contributed by atoms with Crippen LogP contribution in [0.3, 0.4) is 0 Å². The molecule has 0 saturated heterocycles. The lowest BCUT2D eigenvalue weighted by Gasteiger charge is -2.61. The van der Waals surface area contributed by atoms with Gasteiger partial charge in [0.1, 0.15) is 0 Å². The highest BCUT2D eigenvalue weighted by Crippen LogP contribution is 2.57. The van der Waals surface area contributed by atoms with Crippen molar-refractivity contribution >= 4 is 17.3 Å². The number of amides is 1. The molecule has 2 unspecified atom stereocenters. The molecule has 2 aliphatic carbocycles. The third kappa shape index (κ3) is 2.53. The molecular formula is C17H24N2O2. The normalized spacial score (nSPS) is 25.8. The fraction of sp³-hybridized carbons (Fsp3) is 0.588. The maximum absolute atomic E-state index is 11.4. The van der Waals surface area contributed by atoms with Gasteiger partial charge >= 0.3 is 0 Å². The van der Waals surface area contributed by atoms with Gasteiger partial charge in [0.05, 0.1) is 6.10 Å². The average Bonchev–Trinajstić information content (AvgIpc) is 2.43. The van der Waals surface area contributed by atoms with Crippen LogP contribution in [0.2, 0.25) is 0 Å². The third-order valence-corrected chi connectivity index (χ3v) is 5.18. The van der Waals surface area contributed by atoms with Gasteiger partial charge < -0.3 is 15.4 Å². The van der Waals surface area contributed by atoms with Crippen LogP contribution >= 0.6 is 0 Å². The molecule has 2 aliphatic rings. The van der Waals surface area contributed by atoms with Gasteiger partial charge in [0, 0.05) is 36.4 Å². The Labute approximate surface area is 126 Å². The zero-order chi connectivity index (χ0) is 14.9. The Kier molecular flexibility index (Phi) is 3.89. The molecule has 0 aromatic heterocycles. The second kappa shape index (κ2) is 5.68. The van der Waals surface area contributed by atoms with E-state index in [9.17, 15) is 4.79 Å². The smallest absolute Gasteiger partial charge is 0.224 e. The number of hydrogen-bond acceptors (Lipinski definition) is 3. The molecule has 1 spiro atoms. The second-order valence-corrected chi connectivity index (χ2v) is 6.22. The molecule has 2 N–H and O–H groups in total. The lowest BCUT2D eigenvalue weighted by atomic mass is 9.51. The Morgan fingerprint density at radius 1 is 1.29 bits per heavy atom. The number of carbonyl (C=O) groups is 1. The van der Waals surface area contributed by atoms with Crippen molar-refractivity contribution in [3.05, 3.63) is 24.3 Å². The maximum atomic E-state index is 11.4. The highest BCUT2D eigenvalue weighted by atomic mass is 16.5. The van der Waals surface area contributed by atoms with Crippen LogP contribution in [-0.4, -0.2) is 25.2 Å². The largest absolute Gasteiger partial charge is 0.382 e. The van der Waals surface area contributed by atoms with Crippen molar-refractivity contribution in [2.45, 2.75) is 51.2 Å². The lowest BCUT2D eigenvalue weighted by Crippen LogP contribution is -2.64. The van der Waals surface area contributed by atoms with Gasteiger partial charge in [0.15, 0.2) is 0 Å². The minimum absolute atomic E-state index is 0.0473. The summed E-state index contributed by atoms with van der Waals surface area (Å²) in [5.41, 5.74) is 2.34. The minimum Gasteiger partial charge on any atom is -0.382 e. The number of methoxy groups -OCH3 is 1. The van der Waals surface area contributed by atoms with Crippen LogP contribution in [0.15, 0.2) is 24.3 Å². The maximum Gasteiger partial charge on any atom is 0.224 e. The van der Waals surface area contributed by atoms with Gasteiger partial charge in [-0.05, 0) is 43.5 Å². The SMILES string of the molecule is CCC(=O)Nc1ccc(NC2CC(OC)C23CCC3)cc1. The van der Waals surface area contributed by atoms with Crippen LogP contribution in [0.1, 0.15) is 39.0 Å². The number of anilines is 2. The number of rotatable bonds is 5. The number of benzene rings is 1. The van der Waals surface area contributed by atoms with Gasteiger partial charge in [0.2, 0.25) is 5.91 Å². The molecule has 4 heteroatoms. The molecule has 3 rings (SSSR count). The van der Waals surface area contributed by atoms with Crippen LogP contribution in [-0.2, 0) is 9.53 Å². The van der Waals surface area contributed by atoms with Crippen LogP contribution in [0, 0.1) is 5.41 Å². The first kappa shape index (κ1) is 14.4. The van der Waals surface area contributed by atoms with E-state index in [-0.39, 0.29) is 5.91 Å². The van der Waals surface area contributed by atoms with E-state index < -0.39 is 0 Å². The van der Waals surface area contributed by atoms with Crippen LogP contribution in [0.4, 0.5) is 11.4 Å². The second-order valence-electron chi connectivity index (χ2n) is 6.22. The fourth-order valence-corrected chi connectivity index (χ4v) is 3.64. The topological polar surface area (TPSA) is 50.4 Å². The molecule has 114 valence electrons. The fourth-order valence-electron chi connectivity index (χ4n) is 3.64. The predicted octanol–water partition coefficient (Wildman–Crippen LogP) is 3.40. The summed E-state index contributed by atoms with van der Waals surface area (Å²) < 4.78 is 5.60. The Morgan fingerprint density at radius 3 is 2.48 bits per heavy atom. The molecule has 1 aromatic carbocycles. The molecule has 21 heavy (non-hydrogen) atoms. The molecule has 0 aliphatic heterocycles. The van der Waals surface area contributed by atoms with Crippen LogP contribution in [0.5, 0.6) is 0 Å². The van der Waals surface area contributed by atoms with Gasteiger partial charge in [0.25, 0.3) is 0 Å². The summed E-state index contributed by atoms with van der Waals surface area (Å²) in [6.45, 7) is 1.85. The number of hydrogen-bond donors (Lipinski definition) is 2. The summed E-state index contributed by atoms with van der Waals surface area (Å²) in [5, 5.41) is 6.51. The summed E-state index contributed by atoms with van der Waals surface area (Å²) in [7, 11) is 1.83. The molecule has 1 aromatic rings. The van der Waals surface area contributed by atoms with Crippen molar-refractivity contribution in [1.29, 1.82) is 0 Å². The van der Waals surface area contributed by atoms with E-state index in [1.54, 1.807) is 0 Å². The summed E-state index contributed by atoms with van der Waals surface area (Å²) in [4.78, 5) is 11.4. The van der Waals surface area contributed by atoms with Crippen molar-refractivity contribution in [1.82, 2.24) is 0 Å². The zero-order valence-corrected chi connectivity index (χ0v) is 12.8. The van der Waals surface area contributed by atoms with Crippen LogP contribution < -0.4 is 10.6 Å². The summed E-state index contributed by atoms with van der Waals surface area (Å²) in [6.07, 6.45) is 5.88. The predicted molar refractivity (Wildman–Crippen MR) is 84.5 cm³/mol. The van der Waals surface area contributed by atoms with E-state index in [2.05, 4.69) is 10.6 Å². The molecule has 0 heterocycles. The first-order valence-corrected chi connectivity index (χ1v) is 7.87. The molecule has 0 bridgehead atoms. The Morgan fingerprint density at radius 2 is 1.95 bits per heavy atom. The standard InChI is InChI=1S/C17H24N2O2/c1-3-16(20)19-13-7-5-12(6-8-13)18-14-11-15(21-2)17(14)9-4-10-17/h5-8,14-15,18H,3-4,9-11H2,1-2H3,(H,19,20). The molecule has 2 atom stereocenters. The van der Waals surface area contributed by atoms with Crippen molar-refractivity contribution in [3.8, 4) is 0 Å². The number of ether oxygens (including phenoxy) is 1. The van der Waals surface area contributed by atoms with Crippen molar-refractivity contribution in [3.63, 3.8) is 0 Å². The zero-order valence-electron chi connectivity index (χ0n) is 12.8. The summed E-state index contributed by atoms with van der Waals surface area (Å²) in [6, 6.07) is 8.51. The van der Waals surface area contributed by atoms with Crippen molar-refractivity contribution < 1.29 is 9.53 Å². The molecule has 0 radical (unpaired) electrons. The summed E-state index contributed by atoms with van der Waals surface area (Å²) >= 11 is 0. The average molecular weight is 288 g/mol. The third-order valence-electron chi connectivity index (χ3n) is 5.18. The highest BCUT2D eigenvalue weighted by molar-refractivity contribution is 5.90. The van der Waals surface area contributed by atoms with E-state index in [1.165, 1.54) is 19.3 Å². The van der Waals surface area contributed by atoms with E-state index in [1.807, 2.05) is 38.3 Å². The molecule has 2 fully saturated rings. The molecule has 4 nitrogen and oxygen atoms in total. The summed E-state index contributed by atoms with van der Waals surface area (Å²) in [5.74, 6) is 0.0473. The minimum atomic E-state index is 0.0473. The van der Waals surface area contributed by atoms with Gasteiger partial charge in [-0.25, -0.2) is 0 Å². The van der Waals surface area contributed by atoms with Crippen molar-refractivity contribution in [2.24, 2.45) is 5.41 Å². The van der Waals surface area contributed by atoms with Gasteiger partial charge in [-0.2, -0.15) is 0 Å². The first-order valence-electron chi connectivity index (χ1n) is 7.87. The van der Waals surface area contributed by atoms with Gasteiger partial charge in [-0.3, -0.25) is 4.79 Å². The molecular weight excluding hydrogens is 264 g/mol. The first-order chi connectivity index (χ1) is 10.2. The van der Waals surface area contributed by atoms with E-state index in [4.69, 9.17) is 4.74 Å². The van der Waals surface area contributed by atoms with Gasteiger partial charge in [-0.1, -0.05) is 13.3 Å². The van der Waals surface area contributed by atoms with E-state index >= 15 is 0 Å². The van der Waals surface area contributed by atoms with Gasteiger partial charge in [-0.15, -0.1) is 0 Å². The monoisotopic (exact) mass is 288 g/mol. The highest BCUT2D eigenvalue weighted by Gasteiger charge is 2.58. The Hall–Kier alpha value is -1.55. The number of carbonyl (C=O) groups excluding carboxylic acids is 1. The van der Waals surface area contributed by atoms with Crippen LogP contribution in [0.25, 0.3) is 0 Å². The Bertz CT molecular complexity index is 508. The molecule has 1 amide bonds. The van der Waals surface area contributed by atoms with E-state index in [0.29, 0.717) is 24.0 Å². The van der Waals surface area contributed by atoms with Crippen molar-refractivity contribution in [2.75, 3.05) is 17.7 Å². The number of nitrogens with one attached hydrogen (secondary N) is 2. The lowest BCUT2D eigenvalue weighted by molar-refractivity contribution is -0.145. The Balaban J connectivity index is 1.60. The molecule has 2 saturated carbocycles. The van der Waals surface area contributed by atoms with E-state index in [0.717, 1.165) is 17.8 Å². The quantitative estimate of drug-likeness (QED) is 0.873.